The van der Waals surface area contributed by atoms with E-state index in [1.54, 1.807) is 23.1 Å². The first-order valence-electron chi connectivity index (χ1n) is 7.50. The van der Waals surface area contributed by atoms with Crippen LogP contribution >= 0.6 is 11.6 Å². The lowest BCUT2D eigenvalue weighted by Gasteiger charge is -2.13. The van der Waals surface area contributed by atoms with Crippen LogP contribution in [-0.2, 0) is 10.2 Å². The van der Waals surface area contributed by atoms with Gasteiger partial charge in [-0.2, -0.15) is 10.1 Å². The van der Waals surface area contributed by atoms with E-state index in [-0.39, 0.29) is 5.91 Å². The van der Waals surface area contributed by atoms with Gasteiger partial charge in [0, 0.05) is 17.8 Å². The predicted octanol–water partition coefficient (Wildman–Crippen LogP) is 2.35. The second kappa shape index (κ2) is 5.45. The Morgan fingerprint density at radius 2 is 2.29 bits per heavy atom. The third kappa shape index (κ3) is 2.37. The van der Waals surface area contributed by atoms with Gasteiger partial charge < -0.3 is 9.84 Å². The van der Waals surface area contributed by atoms with Crippen molar-refractivity contribution >= 4 is 17.5 Å². The molecule has 1 unspecified atom stereocenters. The van der Waals surface area contributed by atoms with Gasteiger partial charge in [-0.25, -0.2) is 4.68 Å². The number of hydrogen-bond acceptors (Lipinski definition) is 5. The van der Waals surface area contributed by atoms with Crippen molar-refractivity contribution < 1.29 is 9.32 Å². The Morgan fingerprint density at radius 1 is 1.42 bits per heavy atom. The molecule has 1 aliphatic rings. The van der Waals surface area contributed by atoms with Crippen LogP contribution in [0.1, 0.15) is 19.2 Å². The largest absolute Gasteiger partial charge is 0.355 e. The summed E-state index contributed by atoms with van der Waals surface area (Å²) in [5, 5.41) is 11.7. The molecule has 2 aromatic heterocycles. The minimum atomic E-state index is -0.770. The average molecular weight is 344 g/mol. The second-order valence-corrected chi connectivity index (χ2v) is 6.35. The van der Waals surface area contributed by atoms with Crippen molar-refractivity contribution in [2.24, 2.45) is 0 Å². The quantitative estimate of drug-likeness (QED) is 0.789. The molecule has 1 amide bonds. The number of aromatic nitrogens is 4. The van der Waals surface area contributed by atoms with E-state index >= 15 is 0 Å². The van der Waals surface area contributed by atoms with Gasteiger partial charge in [0.05, 0.1) is 17.4 Å². The molecule has 8 heteroatoms. The predicted molar refractivity (Wildman–Crippen MR) is 86.8 cm³/mol. The first-order chi connectivity index (χ1) is 11.6. The maximum atomic E-state index is 12.0. The van der Waals surface area contributed by atoms with Crippen molar-refractivity contribution in [3.05, 3.63) is 47.6 Å². The van der Waals surface area contributed by atoms with Gasteiger partial charge in [0.15, 0.2) is 0 Å². The molecule has 1 aromatic carbocycles. The minimum Gasteiger partial charge on any atom is -0.355 e. The lowest BCUT2D eigenvalue weighted by atomic mass is 9.89. The SMILES string of the molecule is CC1(c2nc(-c3cnn(-c4cccc(Cl)c4)c3)no2)CCNC1=O. The maximum absolute atomic E-state index is 12.0. The molecule has 3 aromatic rings. The Balaban J connectivity index is 1.65. The molecule has 1 fully saturated rings. The van der Waals surface area contributed by atoms with Gasteiger partial charge in [0.1, 0.15) is 5.41 Å². The van der Waals surface area contributed by atoms with Crippen molar-refractivity contribution in [1.82, 2.24) is 25.2 Å². The first-order valence-corrected chi connectivity index (χ1v) is 7.87. The molecule has 122 valence electrons. The third-order valence-corrected chi connectivity index (χ3v) is 4.46. The number of amides is 1. The van der Waals surface area contributed by atoms with Gasteiger partial charge >= 0.3 is 0 Å². The van der Waals surface area contributed by atoms with Crippen LogP contribution in [-0.4, -0.2) is 32.4 Å². The Kier molecular flexibility index (Phi) is 3.38. The molecule has 1 N–H and O–H groups in total. The molecule has 0 saturated carbocycles. The number of nitrogens with zero attached hydrogens (tertiary/aromatic N) is 4. The number of benzene rings is 1. The van der Waals surface area contributed by atoms with Crippen molar-refractivity contribution in [3.63, 3.8) is 0 Å². The third-order valence-electron chi connectivity index (χ3n) is 4.22. The van der Waals surface area contributed by atoms with Gasteiger partial charge in [0.2, 0.25) is 17.6 Å². The highest BCUT2D eigenvalue weighted by atomic mass is 35.5. The van der Waals surface area contributed by atoms with Crippen molar-refractivity contribution in [2.45, 2.75) is 18.8 Å². The standard InChI is InChI=1S/C16H14ClN5O2/c1-16(5-6-18-14(16)23)15-20-13(21-24-15)10-8-19-22(9-10)12-4-2-3-11(17)7-12/h2-4,7-9H,5-6H2,1H3,(H,18,23). The monoisotopic (exact) mass is 343 g/mol. The fourth-order valence-corrected chi connectivity index (χ4v) is 2.89. The number of hydrogen-bond donors (Lipinski definition) is 1. The molecular formula is C16H14ClN5O2. The highest BCUT2D eigenvalue weighted by molar-refractivity contribution is 6.30. The molecular weight excluding hydrogens is 330 g/mol. The molecule has 1 atom stereocenters. The Bertz CT molecular complexity index is 919. The van der Waals surface area contributed by atoms with Crippen molar-refractivity contribution in [3.8, 4) is 17.1 Å². The Morgan fingerprint density at radius 3 is 3.04 bits per heavy atom. The number of rotatable bonds is 3. The topological polar surface area (TPSA) is 85.8 Å². The highest BCUT2D eigenvalue weighted by Crippen LogP contribution is 2.31. The summed E-state index contributed by atoms with van der Waals surface area (Å²) < 4.78 is 7.01. The first kappa shape index (κ1) is 14.9. The molecule has 0 bridgehead atoms. The van der Waals surface area contributed by atoms with E-state index in [1.165, 1.54) is 0 Å². The summed E-state index contributed by atoms with van der Waals surface area (Å²) in [6.45, 7) is 2.42. The Labute approximate surface area is 142 Å². The maximum Gasteiger partial charge on any atom is 0.242 e. The van der Waals surface area contributed by atoms with Gasteiger partial charge in [-0.05, 0) is 31.5 Å². The zero-order valence-electron chi connectivity index (χ0n) is 12.9. The molecule has 0 spiro atoms. The zero-order valence-corrected chi connectivity index (χ0v) is 13.6. The fraction of sp³-hybridized carbons (Fsp3) is 0.250. The molecule has 4 rings (SSSR count). The summed E-state index contributed by atoms with van der Waals surface area (Å²) in [7, 11) is 0. The number of nitrogens with one attached hydrogen (secondary N) is 1. The summed E-state index contributed by atoms with van der Waals surface area (Å²) in [4.78, 5) is 16.4. The van der Waals surface area contributed by atoms with E-state index < -0.39 is 5.41 Å². The zero-order chi connectivity index (χ0) is 16.7. The van der Waals surface area contributed by atoms with Crippen LogP contribution in [0, 0.1) is 0 Å². The molecule has 1 aliphatic heterocycles. The van der Waals surface area contributed by atoms with Crippen LogP contribution in [0.5, 0.6) is 0 Å². The van der Waals surface area contributed by atoms with Crippen LogP contribution in [0.3, 0.4) is 0 Å². The number of halogens is 1. The lowest BCUT2D eigenvalue weighted by Crippen LogP contribution is -2.32. The second-order valence-electron chi connectivity index (χ2n) is 5.91. The van der Waals surface area contributed by atoms with Gasteiger partial charge in [-0.15, -0.1) is 0 Å². The normalized spacial score (nSPS) is 20.3. The average Bonchev–Trinajstić information content (AvgIpc) is 3.28. The summed E-state index contributed by atoms with van der Waals surface area (Å²) in [6.07, 6.45) is 4.07. The van der Waals surface area contributed by atoms with E-state index in [0.29, 0.717) is 35.3 Å². The van der Waals surface area contributed by atoms with Crippen LogP contribution in [0.25, 0.3) is 17.1 Å². The molecule has 0 radical (unpaired) electrons. The number of carbonyl (C=O) groups is 1. The molecule has 7 nitrogen and oxygen atoms in total. The van der Waals surface area contributed by atoms with E-state index in [2.05, 4.69) is 20.6 Å². The smallest absolute Gasteiger partial charge is 0.242 e. The van der Waals surface area contributed by atoms with Crippen molar-refractivity contribution in [2.75, 3.05) is 6.54 Å². The van der Waals surface area contributed by atoms with Gasteiger partial charge in [-0.1, -0.05) is 22.8 Å². The summed E-state index contributed by atoms with van der Waals surface area (Å²) in [5.74, 6) is 0.634. The summed E-state index contributed by atoms with van der Waals surface area (Å²) in [5.41, 5.74) is 0.764. The molecule has 24 heavy (non-hydrogen) atoms. The molecule has 1 saturated heterocycles. The van der Waals surface area contributed by atoms with E-state index in [1.807, 2.05) is 25.1 Å². The highest BCUT2D eigenvalue weighted by Gasteiger charge is 2.44. The summed E-state index contributed by atoms with van der Waals surface area (Å²) in [6, 6.07) is 7.36. The van der Waals surface area contributed by atoms with Crippen molar-refractivity contribution in [1.29, 1.82) is 0 Å². The number of carbonyl (C=O) groups excluding carboxylic acids is 1. The summed E-state index contributed by atoms with van der Waals surface area (Å²) >= 11 is 6.00. The van der Waals surface area contributed by atoms with Crippen LogP contribution in [0.4, 0.5) is 0 Å². The molecule has 0 aliphatic carbocycles. The van der Waals surface area contributed by atoms with Crippen LogP contribution < -0.4 is 5.32 Å². The van der Waals surface area contributed by atoms with E-state index in [0.717, 1.165) is 5.69 Å². The minimum absolute atomic E-state index is 0.0904. The van der Waals surface area contributed by atoms with Gasteiger partial charge in [-0.3, -0.25) is 4.79 Å². The fourth-order valence-electron chi connectivity index (χ4n) is 2.70. The van der Waals surface area contributed by atoms with Gasteiger partial charge in [0.25, 0.3) is 0 Å². The molecule has 3 heterocycles. The van der Waals surface area contributed by atoms with E-state index in [9.17, 15) is 4.79 Å². The lowest BCUT2D eigenvalue weighted by molar-refractivity contribution is -0.124. The van der Waals surface area contributed by atoms with E-state index in [4.69, 9.17) is 16.1 Å². The Hall–Kier alpha value is -2.67. The van der Waals surface area contributed by atoms with Crippen LogP contribution in [0.15, 0.2) is 41.2 Å². The van der Waals surface area contributed by atoms with Crippen LogP contribution in [0.2, 0.25) is 5.02 Å².